The molecule has 1 amide bonds. The van der Waals surface area contributed by atoms with Gasteiger partial charge in [-0.2, -0.15) is 16.7 Å². The molecule has 8 nitrogen and oxygen atoms in total. The summed E-state index contributed by atoms with van der Waals surface area (Å²) in [4.78, 5) is 15.6. The summed E-state index contributed by atoms with van der Waals surface area (Å²) < 4.78 is 41.1. The molecule has 124 valence electrons. The molecule has 1 heterocycles. The van der Waals surface area contributed by atoms with Crippen molar-refractivity contribution in [3.8, 4) is 0 Å². The van der Waals surface area contributed by atoms with Crippen molar-refractivity contribution < 1.29 is 22.1 Å². The van der Waals surface area contributed by atoms with Gasteiger partial charge in [-0.15, -0.1) is 0 Å². The first-order valence-corrected chi connectivity index (χ1v) is 9.16. The van der Waals surface area contributed by atoms with Crippen LogP contribution in [-0.4, -0.2) is 30.7 Å². The second kappa shape index (κ2) is 7.06. The Balaban J connectivity index is 2.11. The lowest BCUT2D eigenvalue weighted by Gasteiger charge is -2.05. The van der Waals surface area contributed by atoms with Crippen LogP contribution in [-0.2, 0) is 22.3 Å². The Kier molecular flexibility index (Phi) is 5.34. The van der Waals surface area contributed by atoms with Gasteiger partial charge in [-0.1, -0.05) is 5.16 Å². The van der Waals surface area contributed by atoms with Crippen molar-refractivity contribution in [1.29, 1.82) is 0 Å². The fourth-order valence-corrected chi connectivity index (χ4v) is 2.57. The number of amides is 1. The van der Waals surface area contributed by atoms with E-state index in [1.807, 2.05) is 6.26 Å². The van der Waals surface area contributed by atoms with Crippen molar-refractivity contribution in [1.82, 2.24) is 15.5 Å². The molecule has 2 aromatic rings. The fraction of sp³-hybridized carbons (Fsp3) is 0.250. The molecule has 0 atom stereocenters. The van der Waals surface area contributed by atoms with Gasteiger partial charge in [0.15, 0.2) is 5.82 Å². The third kappa shape index (κ3) is 4.50. The Morgan fingerprint density at radius 3 is 2.87 bits per heavy atom. The normalized spacial score (nSPS) is 11.4. The van der Waals surface area contributed by atoms with Crippen LogP contribution in [0.2, 0.25) is 0 Å². The number of carbonyl (C=O) groups excluding carboxylic acids is 1. The maximum atomic E-state index is 13.7. The molecule has 0 saturated carbocycles. The van der Waals surface area contributed by atoms with Crippen LogP contribution in [0.5, 0.6) is 0 Å². The van der Waals surface area contributed by atoms with Gasteiger partial charge in [0.25, 0.3) is 5.91 Å². The maximum Gasteiger partial charge on any atom is 0.254 e. The molecule has 0 spiro atoms. The van der Waals surface area contributed by atoms with Crippen LogP contribution >= 0.6 is 11.8 Å². The summed E-state index contributed by atoms with van der Waals surface area (Å²) in [5.41, 5.74) is -0.444. The molecule has 1 aromatic carbocycles. The predicted octanol–water partition coefficient (Wildman–Crippen LogP) is 0.649. The molecular formula is C12H13FN4O4S2. The molecule has 23 heavy (non-hydrogen) atoms. The Hall–Kier alpha value is -1.98. The van der Waals surface area contributed by atoms with Crippen LogP contribution in [0, 0.1) is 5.82 Å². The van der Waals surface area contributed by atoms with Gasteiger partial charge in [0.2, 0.25) is 15.9 Å². The Morgan fingerprint density at radius 1 is 1.48 bits per heavy atom. The number of nitrogens with one attached hydrogen (secondary N) is 1. The molecule has 0 aliphatic heterocycles. The lowest BCUT2D eigenvalue weighted by molar-refractivity contribution is 0.0942. The molecule has 0 bridgehead atoms. The van der Waals surface area contributed by atoms with E-state index < -0.39 is 27.3 Å². The highest BCUT2D eigenvalue weighted by molar-refractivity contribution is 7.97. The van der Waals surface area contributed by atoms with Crippen molar-refractivity contribution in [2.45, 2.75) is 17.2 Å². The van der Waals surface area contributed by atoms with Gasteiger partial charge >= 0.3 is 0 Å². The number of carbonyl (C=O) groups is 1. The Labute approximate surface area is 135 Å². The Bertz CT molecular complexity index is 822. The number of sulfonamides is 1. The predicted molar refractivity (Wildman–Crippen MR) is 80.5 cm³/mol. The van der Waals surface area contributed by atoms with E-state index in [0.717, 1.165) is 18.2 Å². The van der Waals surface area contributed by atoms with Crippen LogP contribution in [0.25, 0.3) is 0 Å². The quantitative estimate of drug-likeness (QED) is 0.774. The van der Waals surface area contributed by atoms with Gasteiger partial charge in [-0.05, 0) is 24.5 Å². The van der Waals surface area contributed by atoms with Gasteiger partial charge in [0, 0.05) is 0 Å². The zero-order valence-electron chi connectivity index (χ0n) is 11.9. The minimum absolute atomic E-state index is 0.112. The minimum Gasteiger partial charge on any atom is -0.343 e. The number of rotatable bonds is 6. The third-order valence-corrected chi connectivity index (χ3v) is 4.15. The average molecular weight is 360 g/mol. The number of halogens is 1. The molecule has 0 unspecified atom stereocenters. The van der Waals surface area contributed by atoms with E-state index in [1.54, 1.807) is 0 Å². The summed E-state index contributed by atoms with van der Waals surface area (Å²) >= 11 is 1.50. The van der Waals surface area contributed by atoms with Crippen LogP contribution in [0.15, 0.2) is 27.6 Å². The second-order valence-electron chi connectivity index (χ2n) is 4.41. The largest absolute Gasteiger partial charge is 0.343 e. The van der Waals surface area contributed by atoms with Crippen LogP contribution < -0.4 is 10.5 Å². The lowest BCUT2D eigenvalue weighted by atomic mass is 10.2. The molecule has 2 rings (SSSR count). The summed E-state index contributed by atoms with van der Waals surface area (Å²) in [6.45, 7) is -0.112. The maximum absolute atomic E-state index is 13.7. The van der Waals surface area contributed by atoms with E-state index in [-0.39, 0.29) is 17.3 Å². The smallest absolute Gasteiger partial charge is 0.254 e. The summed E-state index contributed by atoms with van der Waals surface area (Å²) in [7, 11) is -4.04. The zero-order chi connectivity index (χ0) is 17.0. The van der Waals surface area contributed by atoms with E-state index >= 15 is 0 Å². The molecule has 3 N–H and O–H groups in total. The molecule has 0 aliphatic rings. The third-order valence-electron chi connectivity index (χ3n) is 2.69. The highest BCUT2D eigenvalue weighted by atomic mass is 32.2. The van der Waals surface area contributed by atoms with Crippen LogP contribution in [0.1, 0.15) is 22.1 Å². The van der Waals surface area contributed by atoms with E-state index in [1.165, 1.54) is 11.8 Å². The molecule has 0 saturated heterocycles. The summed E-state index contributed by atoms with van der Waals surface area (Å²) in [5.74, 6) is -0.502. The topological polar surface area (TPSA) is 128 Å². The van der Waals surface area contributed by atoms with Gasteiger partial charge < -0.3 is 9.84 Å². The van der Waals surface area contributed by atoms with E-state index in [4.69, 9.17) is 9.66 Å². The first kappa shape index (κ1) is 17.4. The highest BCUT2D eigenvalue weighted by Gasteiger charge is 2.17. The molecule has 1 aromatic heterocycles. The first-order valence-electron chi connectivity index (χ1n) is 6.22. The number of primary sulfonamides is 1. The molecule has 0 radical (unpaired) electrons. The number of thioether (sulfide) groups is 1. The lowest BCUT2D eigenvalue weighted by Crippen LogP contribution is -2.24. The first-order chi connectivity index (χ1) is 10.8. The van der Waals surface area contributed by atoms with Gasteiger partial charge in [0.1, 0.15) is 5.82 Å². The molecule has 11 heteroatoms. The monoisotopic (exact) mass is 360 g/mol. The van der Waals surface area contributed by atoms with E-state index in [0.29, 0.717) is 11.6 Å². The van der Waals surface area contributed by atoms with Crippen molar-refractivity contribution in [2.24, 2.45) is 5.14 Å². The van der Waals surface area contributed by atoms with E-state index in [9.17, 15) is 17.6 Å². The number of nitrogens with zero attached hydrogens (tertiary/aromatic N) is 2. The minimum atomic E-state index is -4.04. The Morgan fingerprint density at radius 2 is 2.22 bits per heavy atom. The number of nitrogens with two attached hydrogens (primary N) is 1. The van der Waals surface area contributed by atoms with Crippen molar-refractivity contribution in [3.05, 3.63) is 41.3 Å². The van der Waals surface area contributed by atoms with Crippen LogP contribution in [0.3, 0.4) is 0 Å². The summed E-state index contributed by atoms with van der Waals surface area (Å²) in [6.07, 6.45) is 1.87. The number of hydrogen-bond donors (Lipinski definition) is 2. The highest BCUT2D eigenvalue weighted by Crippen LogP contribution is 2.14. The average Bonchev–Trinajstić information content (AvgIpc) is 2.92. The molecular weight excluding hydrogens is 347 g/mol. The summed E-state index contributed by atoms with van der Waals surface area (Å²) in [5, 5.41) is 11.0. The standard InChI is InChI=1S/C12H13FN4O4S2/c1-22-6-10-16-11(21-17-10)5-15-12(18)8-4-7(23(14,19)20)2-3-9(8)13/h2-4H,5-6H2,1H3,(H,15,18)(H2,14,19,20). The number of hydrogen-bond acceptors (Lipinski definition) is 7. The number of aromatic nitrogens is 2. The second-order valence-corrected chi connectivity index (χ2v) is 6.83. The molecule has 0 aliphatic carbocycles. The van der Waals surface area contributed by atoms with Gasteiger partial charge in [-0.25, -0.2) is 17.9 Å². The fourth-order valence-electron chi connectivity index (χ4n) is 1.66. The summed E-state index contributed by atoms with van der Waals surface area (Å²) in [6, 6.07) is 2.71. The van der Waals surface area contributed by atoms with Crippen LogP contribution in [0.4, 0.5) is 4.39 Å². The van der Waals surface area contributed by atoms with Gasteiger partial charge in [0.05, 0.1) is 22.8 Å². The molecule has 0 fully saturated rings. The van der Waals surface area contributed by atoms with Crippen molar-refractivity contribution in [2.75, 3.05) is 6.26 Å². The van der Waals surface area contributed by atoms with Gasteiger partial charge in [-0.3, -0.25) is 4.79 Å². The SMILES string of the molecule is CSCc1noc(CNC(=O)c2cc(S(N)(=O)=O)ccc2F)n1. The van der Waals surface area contributed by atoms with E-state index in [2.05, 4.69) is 15.5 Å². The van der Waals surface area contributed by atoms with Crippen molar-refractivity contribution >= 4 is 27.7 Å². The zero-order valence-corrected chi connectivity index (χ0v) is 13.6. The van der Waals surface area contributed by atoms with Crippen molar-refractivity contribution in [3.63, 3.8) is 0 Å². The number of benzene rings is 1.